The van der Waals surface area contributed by atoms with E-state index in [0.29, 0.717) is 11.5 Å². The van der Waals surface area contributed by atoms with E-state index in [2.05, 4.69) is 15.9 Å². The Kier molecular flexibility index (Phi) is 4.82. The number of hydrogen-bond acceptors (Lipinski definition) is 4. The van der Waals surface area contributed by atoms with Crippen molar-refractivity contribution in [3.05, 3.63) is 61.6 Å². The first kappa shape index (κ1) is 15.8. The zero-order chi connectivity index (χ0) is 15.6. The third-order valence-electron chi connectivity index (χ3n) is 2.83. The first-order valence-corrected chi connectivity index (χ1v) is 7.22. The minimum atomic E-state index is -0.511. The highest BCUT2D eigenvalue weighted by Gasteiger charge is 2.12. The van der Waals surface area contributed by atoms with Gasteiger partial charge in [0.1, 0.15) is 11.5 Å². The summed E-state index contributed by atoms with van der Waals surface area (Å²) >= 11 is 9.40. The first-order chi connectivity index (χ1) is 9.88. The molecule has 1 atom stereocenters. The van der Waals surface area contributed by atoms with Crippen molar-refractivity contribution in [2.45, 2.75) is 13.0 Å². The average molecular weight is 372 g/mol. The van der Waals surface area contributed by atoms with Gasteiger partial charge in [-0.3, -0.25) is 10.1 Å². The molecule has 0 heterocycles. The molecule has 21 heavy (non-hydrogen) atoms. The number of ether oxygens (including phenoxy) is 1. The second-order valence-electron chi connectivity index (χ2n) is 4.45. The van der Waals surface area contributed by atoms with Crippen LogP contribution in [0.15, 0.2) is 40.9 Å². The molecule has 0 fully saturated rings. The number of hydrogen-bond donors (Lipinski definition) is 1. The highest BCUT2D eigenvalue weighted by atomic mass is 79.9. The normalized spacial score (nSPS) is 12.0. The van der Waals surface area contributed by atoms with Gasteiger partial charge in [0.05, 0.1) is 14.4 Å². The highest BCUT2D eigenvalue weighted by Crippen LogP contribution is 2.36. The largest absolute Gasteiger partial charge is 0.455 e. The maximum Gasteiger partial charge on any atom is 0.271 e. The van der Waals surface area contributed by atoms with Crippen LogP contribution in [0.1, 0.15) is 18.5 Å². The first-order valence-electron chi connectivity index (χ1n) is 6.05. The summed E-state index contributed by atoms with van der Waals surface area (Å²) in [5.41, 5.74) is 6.69. The van der Waals surface area contributed by atoms with Crippen molar-refractivity contribution in [1.82, 2.24) is 0 Å². The predicted octanol–water partition coefficient (Wildman–Crippen LogP) is 4.82. The van der Waals surface area contributed by atoms with Crippen molar-refractivity contribution < 1.29 is 9.66 Å². The van der Waals surface area contributed by atoms with E-state index in [4.69, 9.17) is 22.1 Å². The van der Waals surface area contributed by atoms with Gasteiger partial charge in [-0.2, -0.15) is 0 Å². The lowest BCUT2D eigenvalue weighted by Gasteiger charge is -2.12. The van der Waals surface area contributed by atoms with Gasteiger partial charge in [0, 0.05) is 18.2 Å². The lowest BCUT2D eigenvalue weighted by Crippen LogP contribution is -2.04. The summed E-state index contributed by atoms with van der Waals surface area (Å²) in [7, 11) is 0. The lowest BCUT2D eigenvalue weighted by molar-refractivity contribution is -0.384. The van der Waals surface area contributed by atoms with Gasteiger partial charge in [0.2, 0.25) is 0 Å². The standard InChI is InChI=1S/C14H12BrClN2O3/c1-8(17)9-2-4-13(11(15)6-9)21-14-5-3-10(18(19)20)7-12(14)16/h2-8H,17H2,1H3/t8-/m0/s1. The van der Waals surface area contributed by atoms with Crippen molar-refractivity contribution >= 4 is 33.2 Å². The van der Waals surface area contributed by atoms with Crippen LogP contribution in [0.5, 0.6) is 11.5 Å². The molecule has 0 bridgehead atoms. The second kappa shape index (κ2) is 6.43. The van der Waals surface area contributed by atoms with E-state index in [1.165, 1.54) is 18.2 Å². The molecule has 0 saturated heterocycles. The second-order valence-corrected chi connectivity index (χ2v) is 5.71. The minimum absolute atomic E-state index is 0.0845. The summed E-state index contributed by atoms with van der Waals surface area (Å²) in [6.45, 7) is 1.88. The van der Waals surface area contributed by atoms with Gasteiger partial charge in [0.25, 0.3) is 5.69 Å². The molecule has 0 aliphatic heterocycles. The van der Waals surface area contributed by atoms with Crippen LogP contribution < -0.4 is 10.5 Å². The summed E-state index contributed by atoms with van der Waals surface area (Å²) in [5.74, 6) is 0.895. The SMILES string of the molecule is C[C@H](N)c1ccc(Oc2ccc([N+](=O)[O-])cc2Cl)c(Br)c1. The predicted molar refractivity (Wildman–Crippen MR) is 84.9 cm³/mol. The van der Waals surface area contributed by atoms with Crippen LogP contribution in [-0.4, -0.2) is 4.92 Å². The molecular formula is C14H12BrClN2O3. The quantitative estimate of drug-likeness (QED) is 0.617. The molecule has 5 nitrogen and oxygen atoms in total. The van der Waals surface area contributed by atoms with Crippen LogP contribution in [-0.2, 0) is 0 Å². The van der Waals surface area contributed by atoms with Crippen molar-refractivity contribution in [2.75, 3.05) is 0 Å². The molecular weight excluding hydrogens is 360 g/mol. The van der Waals surface area contributed by atoms with E-state index in [-0.39, 0.29) is 16.8 Å². The molecule has 2 rings (SSSR count). The summed E-state index contributed by atoms with van der Waals surface area (Å²) in [5, 5.41) is 10.8. The van der Waals surface area contributed by atoms with Crippen LogP contribution in [0.25, 0.3) is 0 Å². The Bertz CT molecular complexity index is 692. The van der Waals surface area contributed by atoms with E-state index in [1.807, 2.05) is 19.1 Å². The number of non-ortho nitro benzene ring substituents is 1. The molecule has 0 unspecified atom stereocenters. The molecule has 0 amide bonds. The number of nitro benzene ring substituents is 1. The Morgan fingerprint density at radius 1 is 1.29 bits per heavy atom. The molecule has 0 saturated carbocycles. The monoisotopic (exact) mass is 370 g/mol. The van der Waals surface area contributed by atoms with Crippen LogP contribution in [0.4, 0.5) is 5.69 Å². The summed E-state index contributed by atoms with van der Waals surface area (Å²) in [6.07, 6.45) is 0. The van der Waals surface area contributed by atoms with E-state index in [0.717, 1.165) is 10.0 Å². The third-order valence-corrected chi connectivity index (χ3v) is 3.74. The molecule has 2 aromatic rings. The molecule has 110 valence electrons. The zero-order valence-corrected chi connectivity index (χ0v) is 13.4. The maximum atomic E-state index is 10.7. The summed E-state index contributed by atoms with van der Waals surface area (Å²) in [4.78, 5) is 10.2. The van der Waals surface area contributed by atoms with Gasteiger partial charge >= 0.3 is 0 Å². The number of rotatable bonds is 4. The number of benzene rings is 2. The van der Waals surface area contributed by atoms with Gasteiger partial charge in [0.15, 0.2) is 0 Å². The molecule has 0 aliphatic rings. The molecule has 2 N–H and O–H groups in total. The fourth-order valence-electron chi connectivity index (χ4n) is 1.69. The van der Waals surface area contributed by atoms with Gasteiger partial charge in [-0.05, 0) is 46.6 Å². The summed E-state index contributed by atoms with van der Waals surface area (Å²) in [6, 6.07) is 9.45. The zero-order valence-electron chi connectivity index (χ0n) is 11.0. The number of nitrogens with zero attached hydrogens (tertiary/aromatic N) is 1. The van der Waals surface area contributed by atoms with Gasteiger partial charge in [-0.15, -0.1) is 0 Å². The van der Waals surface area contributed by atoms with Gasteiger partial charge < -0.3 is 10.5 Å². The van der Waals surface area contributed by atoms with Gasteiger partial charge in [-0.1, -0.05) is 17.7 Å². The van der Waals surface area contributed by atoms with Crippen LogP contribution >= 0.6 is 27.5 Å². The maximum absolute atomic E-state index is 10.7. The van der Waals surface area contributed by atoms with Crippen LogP contribution in [0.2, 0.25) is 5.02 Å². The number of nitrogens with two attached hydrogens (primary N) is 1. The molecule has 0 aromatic heterocycles. The molecule has 2 aromatic carbocycles. The fourth-order valence-corrected chi connectivity index (χ4v) is 2.38. The van der Waals surface area contributed by atoms with Crippen LogP contribution in [0.3, 0.4) is 0 Å². The third kappa shape index (κ3) is 3.72. The fraction of sp³-hybridized carbons (Fsp3) is 0.143. The number of halogens is 2. The molecule has 7 heteroatoms. The molecule has 0 aliphatic carbocycles. The van der Waals surface area contributed by atoms with Gasteiger partial charge in [-0.25, -0.2) is 0 Å². The Hall–Kier alpha value is -1.63. The van der Waals surface area contributed by atoms with Crippen molar-refractivity contribution in [2.24, 2.45) is 5.73 Å². The van der Waals surface area contributed by atoms with E-state index >= 15 is 0 Å². The topological polar surface area (TPSA) is 78.4 Å². The number of nitro groups is 1. The molecule has 0 radical (unpaired) electrons. The van der Waals surface area contributed by atoms with Crippen LogP contribution in [0, 0.1) is 10.1 Å². The van der Waals surface area contributed by atoms with Crippen molar-refractivity contribution in [3.8, 4) is 11.5 Å². The Labute approximate surface area is 134 Å². The average Bonchev–Trinajstić information content (AvgIpc) is 2.42. The summed E-state index contributed by atoms with van der Waals surface area (Å²) < 4.78 is 6.40. The van der Waals surface area contributed by atoms with Crippen molar-refractivity contribution in [1.29, 1.82) is 0 Å². The smallest absolute Gasteiger partial charge is 0.271 e. The van der Waals surface area contributed by atoms with E-state index in [1.54, 1.807) is 6.07 Å². The lowest BCUT2D eigenvalue weighted by atomic mass is 10.1. The Morgan fingerprint density at radius 2 is 1.95 bits per heavy atom. The van der Waals surface area contributed by atoms with E-state index in [9.17, 15) is 10.1 Å². The minimum Gasteiger partial charge on any atom is -0.455 e. The highest BCUT2D eigenvalue weighted by molar-refractivity contribution is 9.10. The Morgan fingerprint density at radius 3 is 2.48 bits per heavy atom. The van der Waals surface area contributed by atoms with Crippen molar-refractivity contribution in [3.63, 3.8) is 0 Å². The Balaban J connectivity index is 2.28. The molecule has 0 spiro atoms. The van der Waals surface area contributed by atoms with E-state index < -0.39 is 4.92 Å².